The van der Waals surface area contributed by atoms with Crippen LogP contribution in [0.5, 0.6) is 0 Å². The third-order valence-electron chi connectivity index (χ3n) is 2.57. The van der Waals surface area contributed by atoms with E-state index in [0.717, 1.165) is 33.2 Å². The summed E-state index contributed by atoms with van der Waals surface area (Å²) in [7, 11) is 0. The van der Waals surface area contributed by atoms with Crippen LogP contribution in [0.4, 0.5) is 0 Å². The lowest BCUT2D eigenvalue weighted by Gasteiger charge is -1.98. The van der Waals surface area contributed by atoms with Crippen molar-refractivity contribution in [1.82, 2.24) is 14.6 Å². The molecule has 86 valence electrons. The molecule has 17 heavy (non-hydrogen) atoms. The number of imidazole rings is 1. The van der Waals surface area contributed by atoms with Gasteiger partial charge in [0.15, 0.2) is 11.4 Å². The number of aromatic nitrogens is 3. The van der Waals surface area contributed by atoms with Gasteiger partial charge in [0.25, 0.3) is 0 Å². The van der Waals surface area contributed by atoms with Crippen LogP contribution in [0.1, 0.15) is 11.5 Å². The Morgan fingerprint density at radius 2 is 2.00 bits per heavy atom. The molecule has 3 rings (SSSR count). The zero-order valence-electron chi connectivity index (χ0n) is 9.44. The summed E-state index contributed by atoms with van der Waals surface area (Å²) in [4.78, 5) is 4.38. The van der Waals surface area contributed by atoms with Crippen LogP contribution in [0.25, 0.3) is 17.1 Å². The fraction of sp³-hybridized carbons (Fsp3) is 0.167. The molecule has 0 bridgehead atoms. The fourth-order valence-electron chi connectivity index (χ4n) is 1.72. The van der Waals surface area contributed by atoms with Crippen molar-refractivity contribution in [2.45, 2.75) is 13.8 Å². The second-order valence-corrected chi connectivity index (χ2v) is 4.64. The minimum atomic E-state index is 0.766. The SMILES string of the molecule is Cc1ccc(-c2ccc3nc(C)c(Br)n3n2)o1. The van der Waals surface area contributed by atoms with Crippen LogP contribution >= 0.6 is 15.9 Å². The minimum absolute atomic E-state index is 0.766. The van der Waals surface area contributed by atoms with Gasteiger partial charge < -0.3 is 4.42 Å². The summed E-state index contributed by atoms with van der Waals surface area (Å²) in [5.41, 5.74) is 2.54. The molecule has 5 heteroatoms. The number of fused-ring (bicyclic) bond motifs is 1. The van der Waals surface area contributed by atoms with Gasteiger partial charge in [0.2, 0.25) is 0 Å². The van der Waals surface area contributed by atoms with Crippen LogP contribution in [-0.2, 0) is 0 Å². The van der Waals surface area contributed by atoms with Gasteiger partial charge in [-0.1, -0.05) is 0 Å². The van der Waals surface area contributed by atoms with Crippen molar-refractivity contribution in [2.75, 3.05) is 0 Å². The summed E-state index contributed by atoms with van der Waals surface area (Å²) in [5.74, 6) is 1.64. The lowest BCUT2D eigenvalue weighted by Crippen LogP contribution is -1.93. The number of hydrogen-bond donors (Lipinski definition) is 0. The molecule has 0 aliphatic heterocycles. The van der Waals surface area contributed by atoms with E-state index < -0.39 is 0 Å². The van der Waals surface area contributed by atoms with Gasteiger partial charge in [-0.2, -0.15) is 5.10 Å². The maximum absolute atomic E-state index is 5.55. The van der Waals surface area contributed by atoms with Crippen LogP contribution in [0, 0.1) is 13.8 Å². The van der Waals surface area contributed by atoms with E-state index in [2.05, 4.69) is 26.0 Å². The van der Waals surface area contributed by atoms with Crippen LogP contribution in [-0.4, -0.2) is 14.6 Å². The molecule has 3 aromatic heterocycles. The molecular weight excluding hydrogens is 282 g/mol. The first-order valence-corrected chi connectivity index (χ1v) is 6.03. The van der Waals surface area contributed by atoms with Crippen LogP contribution in [0.15, 0.2) is 33.3 Å². The smallest absolute Gasteiger partial charge is 0.155 e. The summed E-state index contributed by atoms with van der Waals surface area (Å²) in [5, 5.41) is 4.49. The molecule has 0 saturated heterocycles. The Hall–Kier alpha value is -1.62. The van der Waals surface area contributed by atoms with Gasteiger partial charge in [0.1, 0.15) is 16.1 Å². The number of halogens is 1. The number of hydrogen-bond acceptors (Lipinski definition) is 3. The summed E-state index contributed by atoms with van der Waals surface area (Å²) < 4.78 is 8.19. The van der Waals surface area contributed by atoms with Crippen molar-refractivity contribution in [3.63, 3.8) is 0 Å². The molecule has 0 aliphatic rings. The Bertz CT molecular complexity index is 699. The summed E-state index contributed by atoms with van der Waals surface area (Å²) >= 11 is 3.47. The van der Waals surface area contributed by atoms with Gasteiger partial charge in [0.05, 0.1) is 5.69 Å². The first-order chi connectivity index (χ1) is 8.15. The van der Waals surface area contributed by atoms with E-state index in [1.54, 1.807) is 4.52 Å². The molecule has 0 amide bonds. The van der Waals surface area contributed by atoms with E-state index in [1.807, 2.05) is 38.1 Å². The van der Waals surface area contributed by atoms with Gasteiger partial charge in [-0.05, 0) is 54.0 Å². The lowest BCUT2D eigenvalue weighted by atomic mass is 10.3. The zero-order valence-corrected chi connectivity index (χ0v) is 11.0. The van der Waals surface area contributed by atoms with E-state index >= 15 is 0 Å². The van der Waals surface area contributed by atoms with Crippen molar-refractivity contribution in [1.29, 1.82) is 0 Å². The molecule has 0 spiro atoms. The first kappa shape index (κ1) is 10.5. The fourth-order valence-corrected chi connectivity index (χ4v) is 2.07. The zero-order chi connectivity index (χ0) is 12.0. The van der Waals surface area contributed by atoms with E-state index in [9.17, 15) is 0 Å². The van der Waals surface area contributed by atoms with E-state index in [1.165, 1.54) is 0 Å². The quantitative estimate of drug-likeness (QED) is 0.690. The molecule has 0 fully saturated rings. The molecular formula is C12H10BrN3O. The number of rotatable bonds is 1. The van der Waals surface area contributed by atoms with Crippen molar-refractivity contribution in [3.05, 3.63) is 40.3 Å². The highest BCUT2D eigenvalue weighted by molar-refractivity contribution is 9.10. The largest absolute Gasteiger partial charge is 0.460 e. The molecule has 4 nitrogen and oxygen atoms in total. The number of furan rings is 1. The van der Waals surface area contributed by atoms with Crippen LogP contribution in [0.2, 0.25) is 0 Å². The molecule has 3 heterocycles. The van der Waals surface area contributed by atoms with E-state index in [4.69, 9.17) is 4.42 Å². The van der Waals surface area contributed by atoms with E-state index in [0.29, 0.717) is 0 Å². The molecule has 3 aromatic rings. The van der Waals surface area contributed by atoms with Crippen molar-refractivity contribution < 1.29 is 4.42 Å². The molecule has 0 radical (unpaired) electrons. The molecule has 0 aliphatic carbocycles. The highest BCUT2D eigenvalue weighted by Gasteiger charge is 2.10. The average molecular weight is 292 g/mol. The average Bonchev–Trinajstić information content (AvgIpc) is 2.85. The predicted octanol–water partition coefficient (Wildman–Crippen LogP) is 3.37. The predicted molar refractivity (Wildman–Crippen MR) is 67.9 cm³/mol. The van der Waals surface area contributed by atoms with Gasteiger partial charge in [-0.3, -0.25) is 0 Å². The molecule has 0 saturated carbocycles. The third kappa shape index (κ3) is 1.67. The summed E-state index contributed by atoms with van der Waals surface area (Å²) in [6, 6.07) is 7.68. The van der Waals surface area contributed by atoms with Crippen LogP contribution in [0.3, 0.4) is 0 Å². The molecule has 0 N–H and O–H groups in total. The molecule has 0 atom stereocenters. The van der Waals surface area contributed by atoms with Crippen molar-refractivity contribution in [2.24, 2.45) is 0 Å². The maximum atomic E-state index is 5.55. The van der Waals surface area contributed by atoms with Crippen molar-refractivity contribution >= 4 is 21.6 Å². The maximum Gasteiger partial charge on any atom is 0.155 e. The van der Waals surface area contributed by atoms with Crippen molar-refractivity contribution in [3.8, 4) is 11.5 Å². The number of aryl methyl sites for hydroxylation is 2. The normalized spacial score (nSPS) is 11.2. The van der Waals surface area contributed by atoms with Crippen LogP contribution < -0.4 is 0 Å². The minimum Gasteiger partial charge on any atom is -0.460 e. The Balaban J connectivity index is 2.22. The Morgan fingerprint density at radius 3 is 2.71 bits per heavy atom. The monoisotopic (exact) mass is 291 g/mol. The second kappa shape index (κ2) is 3.70. The Labute approximate surface area is 106 Å². The summed E-state index contributed by atoms with van der Waals surface area (Å²) in [6.45, 7) is 3.86. The first-order valence-electron chi connectivity index (χ1n) is 5.24. The molecule has 0 unspecified atom stereocenters. The summed E-state index contributed by atoms with van der Waals surface area (Å²) in [6.07, 6.45) is 0. The Morgan fingerprint density at radius 1 is 1.18 bits per heavy atom. The second-order valence-electron chi connectivity index (χ2n) is 3.89. The van der Waals surface area contributed by atoms with Gasteiger partial charge in [0, 0.05) is 0 Å². The Kier molecular flexibility index (Phi) is 2.29. The highest BCUT2D eigenvalue weighted by Crippen LogP contribution is 2.22. The van der Waals surface area contributed by atoms with Gasteiger partial charge in [-0.15, -0.1) is 0 Å². The highest BCUT2D eigenvalue weighted by atomic mass is 79.9. The molecule has 0 aromatic carbocycles. The van der Waals surface area contributed by atoms with Gasteiger partial charge >= 0.3 is 0 Å². The third-order valence-corrected chi connectivity index (χ3v) is 3.48. The number of nitrogens with zero attached hydrogens (tertiary/aromatic N) is 3. The lowest BCUT2D eigenvalue weighted by molar-refractivity contribution is 0.545. The van der Waals surface area contributed by atoms with Gasteiger partial charge in [-0.25, -0.2) is 9.50 Å². The van der Waals surface area contributed by atoms with E-state index in [-0.39, 0.29) is 0 Å². The topological polar surface area (TPSA) is 43.3 Å². The standard InChI is InChI=1S/C12H10BrN3O/c1-7-3-5-10(17-7)9-4-6-11-14-8(2)12(13)16(11)15-9/h3-6H,1-2H3.